The molecule has 2 amide bonds. The van der Waals surface area contributed by atoms with Gasteiger partial charge in [0, 0.05) is 56.2 Å². The summed E-state index contributed by atoms with van der Waals surface area (Å²) in [6, 6.07) is 21.8. The number of carbonyl (C=O) groups is 2. The van der Waals surface area contributed by atoms with Gasteiger partial charge in [0.15, 0.2) is 0 Å². The Morgan fingerprint density at radius 3 is 2.19 bits per heavy atom. The Hall–Kier alpha value is -4.00. The second-order valence-electron chi connectivity index (χ2n) is 12.0. The Bertz CT molecular complexity index is 1370. The van der Waals surface area contributed by atoms with Crippen LogP contribution in [0.2, 0.25) is 0 Å². The third kappa shape index (κ3) is 7.51. The minimum atomic E-state index is -0.163. The SMILES string of the molecule is CCCCCc1ccc(C(=O)Nc2ccc(N3CCN(c4ccccc4OC)CC3)c(C(=O)N3CCC(C)CC3)c2)cc1. The van der Waals surface area contributed by atoms with E-state index in [0.717, 1.165) is 82.1 Å². The molecule has 1 N–H and O–H groups in total. The van der Waals surface area contributed by atoms with E-state index >= 15 is 0 Å². The number of methoxy groups -OCH3 is 1. The number of nitrogens with zero attached hydrogens (tertiary/aromatic N) is 3. The highest BCUT2D eigenvalue weighted by Gasteiger charge is 2.28. The summed E-state index contributed by atoms with van der Waals surface area (Å²) in [6.07, 6.45) is 6.64. The number of para-hydroxylation sites is 2. The number of piperidine rings is 1. The van der Waals surface area contributed by atoms with Gasteiger partial charge in [0.25, 0.3) is 11.8 Å². The number of unbranched alkanes of at least 4 members (excludes halogenated alkanes) is 2. The number of hydrogen-bond acceptors (Lipinski definition) is 5. The van der Waals surface area contributed by atoms with Gasteiger partial charge in [-0.3, -0.25) is 9.59 Å². The number of nitrogens with one attached hydrogen (secondary N) is 1. The van der Waals surface area contributed by atoms with Crippen LogP contribution < -0.4 is 19.9 Å². The number of aryl methyl sites for hydroxylation is 1. The van der Waals surface area contributed by atoms with Crippen molar-refractivity contribution in [1.29, 1.82) is 0 Å². The summed E-state index contributed by atoms with van der Waals surface area (Å²) in [7, 11) is 1.71. The summed E-state index contributed by atoms with van der Waals surface area (Å²) in [5.74, 6) is 1.39. The molecule has 0 spiro atoms. The van der Waals surface area contributed by atoms with Crippen molar-refractivity contribution in [2.24, 2.45) is 5.92 Å². The van der Waals surface area contributed by atoms with E-state index in [1.807, 2.05) is 65.6 Å². The maximum absolute atomic E-state index is 14.0. The monoisotopic (exact) mass is 582 g/mol. The van der Waals surface area contributed by atoms with Crippen molar-refractivity contribution in [2.45, 2.75) is 52.4 Å². The predicted molar refractivity (Wildman–Crippen MR) is 176 cm³/mol. The summed E-state index contributed by atoms with van der Waals surface area (Å²) < 4.78 is 5.60. The van der Waals surface area contributed by atoms with Crippen LogP contribution in [0.15, 0.2) is 66.7 Å². The van der Waals surface area contributed by atoms with Crippen LogP contribution in [0.3, 0.4) is 0 Å². The number of benzene rings is 3. The van der Waals surface area contributed by atoms with Crippen molar-refractivity contribution < 1.29 is 14.3 Å². The summed E-state index contributed by atoms with van der Waals surface area (Å²) in [4.78, 5) is 33.8. The van der Waals surface area contributed by atoms with Gasteiger partial charge in [0.2, 0.25) is 0 Å². The average Bonchev–Trinajstić information content (AvgIpc) is 3.05. The quantitative estimate of drug-likeness (QED) is 0.264. The van der Waals surface area contributed by atoms with E-state index in [-0.39, 0.29) is 11.8 Å². The van der Waals surface area contributed by atoms with E-state index in [4.69, 9.17) is 4.74 Å². The van der Waals surface area contributed by atoms with Crippen LogP contribution >= 0.6 is 0 Å². The Morgan fingerprint density at radius 2 is 1.51 bits per heavy atom. The molecule has 228 valence electrons. The Balaban J connectivity index is 1.33. The van der Waals surface area contributed by atoms with Gasteiger partial charge in [0.05, 0.1) is 18.4 Å². The zero-order valence-corrected chi connectivity index (χ0v) is 26.0. The van der Waals surface area contributed by atoms with E-state index in [0.29, 0.717) is 22.7 Å². The molecule has 2 fully saturated rings. The van der Waals surface area contributed by atoms with Crippen molar-refractivity contribution in [3.63, 3.8) is 0 Å². The molecule has 0 unspecified atom stereocenters. The van der Waals surface area contributed by atoms with Crippen molar-refractivity contribution >= 4 is 28.9 Å². The van der Waals surface area contributed by atoms with E-state index in [1.165, 1.54) is 18.4 Å². The lowest BCUT2D eigenvalue weighted by Crippen LogP contribution is -2.47. The van der Waals surface area contributed by atoms with E-state index < -0.39 is 0 Å². The number of carbonyl (C=O) groups excluding carboxylic acids is 2. The average molecular weight is 583 g/mol. The molecular formula is C36H46N4O3. The standard InChI is InChI=1S/C36H46N4O3/c1-4-5-6-9-28-12-14-29(15-13-28)35(41)37-30-16-17-32(31(26-30)36(42)40-20-18-27(2)19-21-40)38-22-24-39(25-23-38)33-10-7-8-11-34(33)43-3/h7-8,10-17,26-27H,4-6,9,18-25H2,1-3H3,(H,37,41). The molecule has 3 aromatic carbocycles. The lowest BCUT2D eigenvalue weighted by Gasteiger charge is -2.39. The third-order valence-electron chi connectivity index (χ3n) is 8.89. The van der Waals surface area contributed by atoms with Crippen LogP contribution in [-0.2, 0) is 6.42 Å². The number of rotatable bonds is 10. The first-order valence-corrected chi connectivity index (χ1v) is 15.9. The van der Waals surface area contributed by atoms with Crippen molar-refractivity contribution in [1.82, 2.24) is 4.90 Å². The molecule has 2 aliphatic rings. The van der Waals surface area contributed by atoms with E-state index in [2.05, 4.69) is 35.0 Å². The Morgan fingerprint density at radius 1 is 0.837 bits per heavy atom. The van der Waals surface area contributed by atoms with Gasteiger partial charge in [-0.1, -0.05) is 51.0 Å². The lowest BCUT2D eigenvalue weighted by molar-refractivity contribution is 0.0697. The van der Waals surface area contributed by atoms with Crippen LogP contribution in [0, 0.1) is 5.92 Å². The third-order valence-corrected chi connectivity index (χ3v) is 8.89. The van der Waals surface area contributed by atoms with Crippen molar-refractivity contribution in [3.8, 4) is 5.75 Å². The van der Waals surface area contributed by atoms with Crippen LogP contribution in [0.4, 0.5) is 17.1 Å². The van der Waals surface area contributed by atoms with Gasteiger partial charge in [-0.15, -0.1) is 0 Å². The van der Waals surface area contributed by atoms with Gasteiger partial charge in [-0.2, -0.15) is 0 Å². The predicted octanol–water partition coefficient (Wildman–Crippen LogP) is 6.88. The van der Waals surface area contributed by atoms with E-state index in [9.17, 15) is 9.59 Å². The zero-order valence-electron chi connectivity index (χ0n) is 26.0. The molecule has 0 atom stereocenters. The van der Waals surface area contributed by atoms with Crippen LogP contribution in [0.5, 0.6) is 5.75 Å². The fourth-order valence-electron chi connectivity index (χ4n) is 6.13. The zero-order chi connectivity index (χ0) is 30.2. The molecular weight excluding hydrogens is 536 g/mol. The molecule has 7 heteroatoms. The van der Waals surface area contributed by atoms with Crippen LogP contribution in [-0.4, -0.2) is 63.1 Å². The minimum absolute atomic E-state index is 0.0431. The molecule has 2 aliphatic heterocycles. The Labute approximate surface area is 256 Å². The first kappa shape index (κ1) is 30.5. The topological polar surface area (TPSA) is 65.1 Å². The highest BCUT2D eigenvalue weighted by molar-refractivity contribution is 6.06. The fraction of sp³-hybridized carbons (Fsp3) is 0.444. The number of ether oxygens (including phenoxy) is 1. The number of hydrogen-bond donors (Lipinski definition) is 1. The minimum Gasteiger partial charge on any atom is -0.495 e. The molecule has 2 heterocycles. The van der Waals surface area contributed by atoms with Crippen LogP contribution in [0.25, 0.3) is 0 Å². The fourth-order valence-corrected chi connectivity index (χ4v) is 6.13. The van der Waals surface area contributed by atoms with Gasteiger partial charge >= 0.3 is 0 Å². The first-order chi connectivity index (χ1) is 21.0. The summed E-state index contributed by atoms with van der Waals surface area (Å²) in [6.45, 7) is 9.20. The van der Waals surface area contributed by atoms with Gasteiger partial charge < -0.3 is 24.8 Å². The molecule has 0 aromatic heterocycles. The molecule has 43 heavy (non-hydrogen) atoms. The second-order valence-corrected chi connectivity index (χ2v) is 12.0. The molecule has 0 bridgehead atoms. The van der Waals surface area contributed by atoms with Gasteiger partial charge in [-0.25, -0.2) is 0 Å². The maximum atomic E-state index is 14.0. The number of likely N-dealkylation sites (tertiary alicyclic amines) is 1. The molecule has 2 saturated heterocycles. The molecule has 3 aromatic rings. The number of anilines is 3. The molecule has 0 aliphatic carbocycles. The Kier molecular flexibility index (Phi) is 10.2. The summed E-state index contributed by atoms with van der Waals surface area (Å²) >= 11 is 0. The first-order valence-electron chi connectivity index (χ1n) is 15.9. The van der Waals surface area contributed by atoms with Gasteiger partial charge in [-0.05, 0) is 79.6 Å². The normalized spacial score (nSPS) is 15.8. The summed E-state index contributed by atoms with van der Waals surface area (Å²) in [5, 5.41) is 3.06. The van der Waals surface area contributed by atoms with E-state index in [1.54, 1.807) is 7.11 Å². The smallest absolute Gasteiger partial charge is 0.256 e. The largest absolute Gasteiger partial charge is 0.495 e. The number of piperazine rings is 1. The summed E-state index contributed by atoms with van der Waals surface area (Å²) in [5.41, 5.74) is 5.19. The van der Waals surface area contributed by atoms with Crippen LogP contribution in [0.1, 0.15) is 72.2 Å². The molecule has 7 nitrogen and oxygen atoms in total. The lowest BCUT2D eigenvalue weighted by atomic mass is 9.98. The molecule has 0 radical (unpaired) electrons. The second kappa shape index (κ2) is 14.5. The highest BCUT2D eigenvalue weighted by atomic mass is 16.5. The molecule has 5 rings (SSSR count). The molecule has 0 saturated carbocycles. The maximum Gasteiger partial charge on any atom is 0.256 e. The van der Waals surface area contributed by atoms with Crippen molar-refractivity contribution in [2.75, 3.05) is 61.5 Å². The van der Waals surface area contributed by atoms with Crippen molar-refractivity contribution in [3.05, 3.63) is 83.4 Å². The number of amides is 2. The highest BCUT2D eigenvalue weighted by Crippen LogP contribution is 2.32. The van der Waals surface area contributed by atoms with Gasteiger partial charge in [0.1, 0.15) is 5.75 Å².